The van der Waals surface area contributed by atoms with Crippen molar-refractivity contribution in [2.75, 3.05) is 18.0 Å². The molecule has 58 heavy (non-hydrogen) atoms. The number of hydrogen-bond donors (Lipinski definition) is 5. The summed E-state index contributed by atoms with van der Waals surface area (Å²) in [5, 5.41) is 27.0. The van der Waals surface area contributed by atoms with Crippen LogP contribution in [0.2, 0.25) is 5.02 Å². The zero-order valence-electron chi connectivity index (χ0n) is 32.8. The number of nitrogens with one attached hydrogen (secondary N) is 5. The maximum Gasteiger partial charge on any atom is 0.262 e. The highest BCUT2D eigenvalue weighted by Gasteiger charge is 2.45. The highest BCUT2D eigenvalue weighted by Crippen LogP contribution is 2.40. The quantitative estimate of drug-likeness (QED) is 0.0565. The number of carbonyl (C=O) groups is 6. The summed E-state index contributed by atoms with van der Waals surface area (Å²) >= 11 is 7.70. The van der Waals surface area contributed by atoms with Crippen molar-refractivity contribution in [1.82, 2.24) is 20.9 Å². The summed E-state index contributed by atoms with van der Waals surface area (Å²) in [6.45, 7) is 6.61. The van der Waals surface area contributed by atoms with E-state index < -0.39 is 35.7 Å². The molecule has 6 rings (SSSR count). The molecule has 4 heterocycles. The van der Waals surface area contributed by atoms with Crippen LogP contribution in [0, 0.1) is 24.7 Å². The molecule has 2 atom stereocenters. The van der Waals surface area contributed by atoms with E-state index in [-0.39, 0.29) is 60.3 Å². The Balaban J connectivity index is 0.914. The molecule has 0 radical (unpaired) electrons. The molecule has 3 aliphatic rings. The molecule has 6 amide bonds. The van der Waals surface area contributed by atoms with Crippen LogP contribution < -0.4 is 20.9 Å². The predicted molar refractivity (Wildman–Crippen MR) is 223 cm³/mol. The van der Waals surface area contributed by atoms with Crippen LogP contribution >= 0.6 is 22.9 Å². The number of aryl methyl sites for hydroxylation is 1. The number of thiophene rings is 1. The summed E-state index contributed by atoms with van der Waals surface area (Å²) in [4.78, 5) is 84.9. The Labute approximate surface area is 345 Å². The second kappa shape index (κ2) is 18.4. The zero-order chi connectivity index (χ0) is 41.7. The van der Waals surface area contributed by atoms with Crippen molar-refractivity contribution in [2.24, 2.45) is 4.99 Å². The van der Waals surface area contributed by atoms with E-state index >= 15 is 0 Å². The van der Waals surface area contributed by atoms with Crippen LogP contribution in [0.15, 0.2) is 47.5 Å². The smallest absolute Gasteiger partial charge is 0.262 e. The van der Waals surface area contributed by atoms with Gasteiger partial charge in [0, 0.05) is 40.5 Å². The first-order valence-electron chi connectivity index (χ1n) is 19.5. The maximum absolute atomic E-state index is 13.3. The van der Waals surface area contributed by atoms with Gasteiger partial charge in [0.2, 0.25) is 23.6 Å². The van der Waals surface area contributed by atoms with Crippen LogP contribution in [0.25, 0.3) is 0 Å². The van der Waals surface area contributed by atoms with Gasteiger partial charge >= 0.3 is 0 Å². The van der Waals surface area contributed by atoms with Crippen LogP contribution in [0.3, 0.4) is 0 Å². The number of hydrogen-bond acceptors (Lipinski definition) is 10. The van der Waals surface area contributed by atoms with Gasteiger partial charge in [0.05, 0.1) is 29.7 Å². The molecule has 2 aromatic carbocycles. The molecular weight excluding hydrogens is 780 g/mol. The summed E-state index contributed by atoms with van der Waals surface area (Å²) in [6.07, 6.45) is 5.22. The number of carbonyl (C=O) groups excluding carboxylic acids is 6. The first-order valence-corrected chi connectivity index (χ1v) is 20.7. The molecule has 14 nitrogen and oxygen atoms in total. The normalized spacial score (nSPS) is 17.7. The number of amidine groups is 2. The largest absolute Gasteiger partial charge is 0.356 e. The monoisotopic (exact) mass is 826 g/mol. The lowest BCUT2D eigenvalue weighted by Gasteiger charge is -2.27. The second-order valence-electron chi connectivity index (χ2n) is 14.8. The minimum atomic E-state index is -1.07. The van der Waals surface area contributed by atoms with Gasteiger partial charge in [-0.25, -0.2) is 0 Å². The average molecular weight is 827 g/mol. The summed E-state index contributed by atoms with van der Waals surface area (Å²) in [5.41, 5.74) is 4.05. The van der Waals surface area contributed by atoms with E-state index in [1.165, 1.54) is 17.4 Å². The number of benzene rings is 2. The lowest BCUT2D eigenvalue weighted by atomic mass is 9.99. The van der Waals surface area contributed by atoms with E-state index in [2.05, 4.69) is 16.0 Å². The molecule has 1 unspecified atom stereocenters. The maximum atomic E-state index is 13.3. The fourth-order valence-electron chi connectivity index (χ4n) is 7.52. The van der Waals surface area contributed by atoms with Gasteiger partial charge in [0.1, 0.15) is 28.8 Å². The predicted octanol–water partition coefficient (Wildman–Crippen LogP) is 5.63. The minimum Gasteiger partial charge on any atom is -0.356 e. The Kier molecular flexibility index (Phi) is 13.3. The molecule has 3 aromatic rings. The lowest BCUT2D eigenvalue weighted by Crippen LogP contribution is -2.54. The van der Waals surface area contributed by atoms with Gasteiger partial charge in [-0.15, -0.1) is 11.3 Å². The van der Waals surface area contributed by atoms with Crippen molar-refractivity contribution < 1.29 is 28.8 Å². The molecule has 0 spiro atoms. The number of halogens is 1. The first kappa shape index (κ1) is 42.1. The topological polar surface area (TPSA) is 205 Å². The molecule has 0 bridgehead atoms. The number of anilines is 1. The molecule has 1 aromatic heterocycles. The SMILES string of the molecule is CC(=N)N1C(=N)[C@H](CC(=O)NCCCCCCCCNC(=O)Cc2cccc3c2C(=O)N(C2CCC(=O)NC2=O)C3=O)N=C(c2ccc(Cl)cc2)c2c1sc(C)c2C. The number of fused-ring (bicyclic) bond motifs is 2. The molecule has 304 valence electrons. The van der Waals surface area contributed by atoms with E-state index in [1.54, 1.807) is 36.1 Å². The molecule has 5 N–H and O–H groups in total. The van der Waals surface area contributed by atoms with Gasteiger partial charge in [-0.05, 0) is 69.4 Å². The van der Waals surface area contributed by atoms with Crippen molar-refractivity contribution in [3.8, 4) is 0 Å². The van der Waals surface area contributed by atoms with Gasteiger partial charge in [-0.1, -0.05) is 61.5 Å². The van der Waals surface area contributed by atoms with Gasteiger partial charge < -0.3 is 10.6 Å². The average Bonchev–Trinajstić information content (AvgIpc) is 3.56. The van der Waals surface area contributed by atoms with Gasteiger partial charge in [0.25, 0.3) is 11.8 Å². The molecule has 0 aliphatic carbocycles. The van der Waals surface area contributed by atoms with Gasteiger partial charge in [0.15, 0.2) is 0 Å². The zero-order valence-corrected chi connectivity index (χ0v) is 34.3. The second-order valence-corrected chi connectivity index (χ2v) is 16.4. The summed E-state index contributed by atoms with van der Waals surface area (Å²) in [5.74, 6) is -2.60. The summed E-state index contributed by atoms with van der Waals surface area (Å²) in [7, 11) is 0. The standard InChI is InChI=1S/C42H47ClN8O6S/c1-23-24(2)58-42-35(23)37(26-13-15-28(43)16-14-26)48-30(38(45)50(42)25(3)44)22-34(54)47-20-9-7-5-4-6-8-19-46-33(53)21-27-11-10-12-29-36(27)41(57)51(40(29)56)31-17-18-32(52)49-39(31)55/h10-16,30-31,44-45H,4-9,17-22H2,1-3H3,(H,46,53)(H,47,54)(H,49,52,55)/t30-,31?/m0/s1. The van der Waals surface area contributed by atoms with Crippen LogP contribution in [0.4, 0.5) is 5.00 Å². The molecule has 3 aliphatic heterocycles. The Morgan fingerprint density at radius 2 is 1.57 bits per heavy atom. The van der Waals surface area contributed by atoms with Crippen molar-refractivity contribution in [3.63, 3.8) is 0 Å². The number of nitrogens with zero attached hydrogens (tertiary/aromatic N) is 3. The van der Waals surface area contributed by atoms with E-state index in [9.17, 15) is 28.8 Å². The summed E-state index contributed by atoms with van der Waals surface area (Å²) in [6, 6.07) is 10.2. The lowest BCUT2D eigenvalue weighted by molar-refractivity contribution is -0.136. The Bertz CT molecular complexity index is 2220. The van der Waals surface area contributed by atoms with E-state index in [1.807, 2.05) is 26.0 Å². The van der Waals surface area contributed by atoms with Crippen LogP contribution in [-0.4, -0.2) is 82.9 Å². The van der Waals surface area contributed by atoms with Crippen molar-refractivity contribution in [1.29, 1.82) is 10.8 Å². The highest BCUT2D eigenvalue weighted by molar-refractivity contribution is 7.17. The van der Waals surface area contributed by atoms with Crippen LogP contribution in [0.5, 0.6) is 0 Å². The third kappa shape index (κ3) is 9.10. The third-order valence-corrected chi connectivity index (χ3v) is 12.1. The summed E-state index contributed by atoms with van der Waals surface area (Å²) < 4.78 is 0. The molecule has 1 saturated heterocycles. The van der Waals surface area contributed by atoms with E-state index in [0.29, 0.717) is 29.4 Å². The number of piperidine rings is 1. The number of imide groups is 2. The van der Waals surface area contributed by atoms with Gasteiger partial charge in [-0.2, -0.15) is 0 Å². The Morgan fingerprint density at radius 1 is 0.914 bits per heavy atom. The number of unbranched alkanes of at least 4 members (excludes halogenated alkanes) is 5. The molecule has 1 fully saturated rings. The van der Waals surface area contributed by atoms with Crippen LogP contribution in [-0.2, 0) is 25.6 Å². The fraction of sp³-hybridized carbons (Fsp3) is 0.405. The molecule has 0 saturated carbocycles. The van der Waals surface area contributed by atoms with E-state index in [0.717, 1.165) is 70.0 Å². The highest BCUT2D eigenvalue weighted by atomic mass is 35.5. The number of aliphatic imine (C=N–C) groups is 1. The van der Waals surface area contributed by atoms with Crippen molar-refractivity contribution in [2.45, 2.75) is 97.1 Å². The number of rotatable bonds is 15. The molecule has 16 heteroatoms. The van der Waals surface area contributed by atoms with Crippen molar-refractivity contribution in [3.05, 3.63) is 85.7 Å². The van der Waals surface area contributed by atoms with Crippen LogP contribution in [0.1, 0.15) is 113 Å². The fourth-order valence-corrected chi connectivity index (χ4v) is 8.87. The Morgan fingerprint density at radius 3 is 2.22 bits per heavy atom. The first-order chi connectivity index (χ1) is 27.8. The van der Waals surface area contributed by atoms with E-state index in [4.69, 9.17) is 27.4 Å². The third-order valence-electron chi connectivity index (χ3n) is 10.6. The number of amides is 6. The van der Waals surface area contributed by atoms with Crippen molar-refractivity contribution >= 4 is 80.8 Å². The van der Waals surface area contributed by atoms with Gasteiger partial charge in [-0.3, -0.25) is 59.7 Å². The molecular formula is C42H47ClN8O6S. The minimum absolute atomic E-state index is 0.0274. The Hall–Kier alpha value is -5.54.